The molecule has 2 aromatic rings. The van der Waals surface area contributed by atoms with Crippen LogP contribution in [0.25, 0.3) is 0 Å². The molecule has 4 nitrogen and oxygen atoms in total. The Morgan fingerprint density at radius 2 is 1.75 bits per heavy atom. The van der Waals surface area contributed by atoms with Crippen molar-refractivity contribution in [1.82, 2.24) is 5.32 Å². The Morgan fingerprint density at radius 1 is 1.15 bits per heavy atom. The predicted molar refractivity (Wildman–Crippen MR) is 78.3 cm³/mol. The number of aromatic hydroxyl groups is 1. The number of rotatable bonds is 4. The van der Waals surface area contributed by atoms with Gasteiger partial charge in [0.2, 0.25) is 0 Å². The number of phenolic OH excluding ortho intramolecular Hbond substituents is 1. The predicted octanol–water partition coefficient (Wildman–Crippen LogP) is 2.34. The molecule has 0 saturated carbocycles. The molecule has 0 radical (unpaired) electrons. The molecule has 0 aliphatic carbocycles. The van der Waals surface area contributed by atoms with Crippen LogP contribution in [0.2, 0.25) is 0 Å². The van der Waals surface area contributed by atoms with E-state index in [1.807, 2.05) is 31.2 Å². The van der Waals surface area contributed by atoms with Gasteiger partial charge in [0.1, 0.15) is 5.75 Å². The van der Waals surface area contributed by atoms with Crippen molar-refractivity contribution in [2.75, 3.05) is 0 Å². The van der Waals surface area contributed by atoms with Crippen molar-refractivity contribution in [3.8, 4) is 5.75 Å². The summed E-state index contributed by atoms with van der Waals surface area (Å²) in [5.74, 6) is -0.0210. The van der Waals surface area contributed by atoms with Gasteiger partial charge in [0, 0.05) is 12.1 Å². The van der Waals surface area contributed by atoms with E-state index in [0.29, 0.717) is 12.1 Å². The molecule has 4 heteroatoms. The first-order chi connectivity index (χ1) is 9.60. The summed E-state index contributed by atoms with van der Waals surface area (Å²) >= 11 is 0. The summed E-state index contributed by atoms with van der Waals surface area (Å²) in [6.45, 7) is 2.43. The standard InChI is InChI=1S/C16H18N2O2/c1-11(13-4-2-12(10-17)3-5-13)18-16(20)14-6-8-15(19)9-7-14/h2-9,11,19H,10,17H2,1H3,(H,18,20). The highest BCUT2D eigenvalue weighted by atomic mass is 16.3. The zero-order valence-electron chi connectivity index (χ0n) is 11.3. The number of carbonyl (C=O) groups excluding carboxylic acids is 1. The van der Waals surface area contributed by atoms with E-state index in [-0.39, 0.29) is 17.7 Å². The number of carbonyl (C=O) groups is 1. The quantitative estimate of drug-likeness (QED) is 0.798. The molecular formula is C16H18N2O2. The maximum absolute atomic E-state index is 12.1. The van der Waals surface area contributed by atoms with Crippen LogP contribution in [0.4, 0.5) is 0 Å². The Morgan fingerprint density at radius 3 is 2.30 bits per heavy atom. The number of nitrogens with one attached hydrogen (secondary N) is 1. The van der Waals surface area contributed by atoms with Gasteiger partial charge in [-0.25, -0.2) is 0 Å². The van der Waals surface area contributed by atoms with Gasteiger partial charge in [-0.3, -0.25) is 4.79 Å². The molecule has 1 unspecified atom stereocenters. The van der Waals surface area contributed by atoms with Crippen molar-refractivity contribution < 1.29 is 9.90 Å². The maximum atomic E-state index is 12.1. The SMILES string of the molecule is CC(NC(=O)c1ccc(O)cc1)c1ccc(CN)cc1. The van der Waals surface area contributed by atoms with Crippen LogP contribution in [0.1, 0.15) is 34.5 Å². The van der Waals surface area contributed by atoms with Crippen molar-refractivity contribution in [2.45, 2.75) is 19.5 Å². The van der Waals surface area contributed by atoms with E-state index < -0.39 is 0 Å². The van der Waals surface area contributed by atoms with E-state index >= 15 is 0 Å². The molecule has 0 bridgehead atoms. The number of phenols is 1. The zero-order valence-corrected chi connectivity index (χ0v) is 11.3. The molecule has 0 aliphatic heterocycles. The maximum Gasteiger partial charge on any atom is 0.251 e. The molecule has 1 atom stereocenters. The third kappa shape index (κ3) is 3.36. The first-order valence-electron chi connectivity index (χ1n) is 6.49. The second-order valence-corrected chi connectivity index (χ2v) is 4.69. The van der Waals surface area contributed by atoms with Gasteiger partial charge in [0.15, 0.2) is 0 Å². The highest BCUT2D eigenvalue weighted by Gasteiger charge is 2.11. The molecule has 2 aromatic carbocycles. The summed E-state index contributed by atoms with van der Waals surface area (Å²) in [5.41, 5.74) is 8.16. The summed E-state index contributed by atoms with van der Waals surface area (Å²) in [5, 5.41) is 12.1. The molecule has 2 rings (SSSR count). The number of amides is 1. The summed E-state index contributed by atoms with van der Waals surface area (Å²) in [6, 6.07) is 13.9. The molecule has 104 valence electrons. The Hall–Kier alpha value is -2.33. The molecule has 0 aromatic heterocycles. The van der Waals surface area contributed by atoms with Crippen molar-refractivity contribution in [1.29, 1.82) is 0 Å². The largest absolute Gasteiger partial charge is 0.508 e. The van der Waals surface area contributed by atoms with E-state index in [2.05, 4.69) is 5.32 Å². The third-order valence-corrected chi connectivity index (χ3v) is 3.19. The first kappa shape index (κ1) is 14.1. The van der Waals surface area contributed by atoms with E-state index in [1.54, 1.807) is 12.1 Å². The molecule has 20 heavy (non-hydrogen) atoms. The second-order valence-electron chi connectivity index (χ2n) is 4.69. The highest BCUT2D eigenvalue weighted by Crippen LogP contribution is 2.15. The van der Waals surface area contributed by atoms with Gasteiger partial charge < -0.3 is 16.2 Å². The molecule has 0 heterocycles. The van der Waals surface area contributed by atoms with Gasteiger partial charge in [-0.15, -0.1) is 0 Å². The summed E-state index contributed by atoms with van der Waals surface area (Å²) in [4.78, 5) is 12.1. The fourth-order valence-corrected chi connectivity index (χ4v) is 1.92. The topological polar surface area (TPSA) is 75.3 Å². The molecule has 0 aliphatic rings. The van der Waals surface area contributed by atoms with Gasteiger partial charge in [0.25, 0.3) is 5.91 Å². The zero-order chi connectivity index (χ0) is 14.5. The van der Waals surface area contributed by atoms with Crippen LogP contribution in [0.5, 0.6) is 5.75 Å². The number of nitrogens with two attached hydrogens (primary N) is 1. The molecule has 0 spiro atoms. The third-order valence-electron chi connectivity index (χ3n) is 3.19. The van der Waals surface area contributed by atoms with Crippen LogP contribution >= 0.6 is 0 Å². The van der Waals surface area contributed by atoms with E-state index in [0.717, 1.165) is 11.1 Å². The lowest BCUT2D eigenvalue weighted by molar-refractivity contribution is 0.0940. The first-order valence-corrected chi connectivity index (χ1v) is 6.49. The minimum absolute atomic E-state index is 0.0943. The van der Waals surface area contributed by atoms with E-state index in [1.165, 1.54) is 12.1 Å². The van der Waals surface area contributed by atoms with Gasteiger partial charge in [-0.1, -0.05) is 24.3 Å². The van der Waals surface area contributed by atoms with Crippen LogP contribution in [-0.4, -0.2) is 11.0 Å². The number of hydrogen-bond donors (Lipinski definition) is 3. The van der Waals surface area contributed by atoms with Gasteiger partial charge in [-0.05, 0) is 42.3 Å². The minimum atomic E-state index is -0.166. The highest BCUT2D eigenvalue weighted by molar-refractivity contribution is 5.94. The average molecular weight is 270 g/mol. The Labute approximate surface area is 118 Å². The molecule has 0 fully saturated rings. The summed E-state index contributed by atoms with van der Waals surface area (Å²) < 4.78 is 0. The monoisotopic (exact) mass is 270 g/mol. The lowest BCUT2D eigenvalue weighted by Crippen LogP contribution is -2.26. The molecule has 0 saturated heterocycles. The van der Waals surface area contributed by atoms with E-state index in [4.69, 9.17) is 5.73 Å². The fourth-order valence-electron chi connectivity index (χ4n) is 1.92. The average Bonchev–Trinajstić information content (AvgIpc) is 2.48. The van der Waals surface area contributed by atoms with Crippen molar-refractivity contribution in [3.05, 3.63) is 65.2 Å². The van der Waals surface area contributed by atoms with Crippen molar-refractivity contribution >= 4 is 5.91 Å². The molecule has 4 N–H and O–H groups in total. The lowest BCUT2D eigenvalue weighted by Gasteiger charge is -2.15. The number of benzene rings is 2. The minimum Gasteiger partial charge on any atom is -0.508 e. The van der Waals surface area contributed by atoms with Gasteiger partial charge in [-0.2, -0.15) is 0 Å². The second kappa shape index (κ2) is 6.21. The van der Waals surface area contributed by atoms with Crippen molar-refractivity contribution in [2.24, 2.45) is 5.73 Å². The van der Waals surface area contributed by atoms with E-state index in [9.17, 15) is 9.90 Å². The van der Waals surface area contributed by atoms with Crippen LogP contribution in [0.15, 0.2) is 48.5 Å². The lowest BCUT2D eigenvalue weighted by atomic mass is 10.1. The van der Waals surface area contributed by atoms with Crippen LogP contribution in [0, 0.1) is 0 Å². The fraction of sp³-hybridized carbons (Fsp3) is 0.188. The van der Waals surface area contributed by atoms with Crippen LogP contribution < -0.4 is 11.1 Å². The smallest absolute Gasteiger partial charge is 0.251 e. The Bertz CT molecular complexity index is 576. The molecular weight excluding hydrogens is 252 g/mol. The normalized spacial score (nSPS) is 11.9. The van der Waals surface area contributed by atoms with Gasteiger partial charge in [0.05, 0.1) is 6.04 Å². The van der Waals surface area contributed by atoms with Gasteiger partial charge >= 0.3 is 0 Å². The number of hydrogen-bond acceptors (Lipinski definition) is 3. The Balaban J connectivity index is 2.04. The Kier molecular flexibility index (Phi) is 4.38. The van der Waals surface area contributed by atoms with Crippen LogP contribution in [-0.2, 0) is 6.54 Å². The summed E-state index contributed by atoms with van der Waals surface area (Å²) in [6.07, 6.45) is 0. The molecule has 1 amide bonds. The van der Waals surface area contributed by atoms with Crippen molar-refractivity contribution in [3.63, 3.8) is 0 Å². The van der Waals surface area contributed by atoms with Crippen LogP contribution in [0.3, 0.4) is 0 Å². The summed E-state index contributed by atoms with van der Waals surface area (Å²) in [7, 11) is 0.